The van der Waals surface area contributed by atoms with E-state index in [0.29, 0.717) is 12.2 Å². The van der Waals surface area contributed by atoms with Gasteiger partial charge in [0.15, 0.2) is 0 Å². The Morgan fingerprint density at radius 1 is 1.35 bits per heavy atom. The number of phenolic OH excluding ortho intramolecular Hbond substituents is 2. The lowest BCUT2D eigenvalue weighted by molar-refractivity contribution is -0.114. The van der Waals surface area contributed by atoms with Crippen molar-refractivity contribution in [3.8, 4) is 11.5 Å². The zero-order valence-corrected chi connectivity index (χ0v) is 11.5. The topological polar surface area (TPSA) is 69.9 Å². The fourth-order valence-electron chi connectivity index (χ4n) is 3.34. The van der Waals surface area contributed by atoms with Crippen LogP contribution in [0.25, 0.3) is 0 Å². The van der Waals surface area contributed by atoms with Crippen LogP contribution in [0.4, 0.5) is 0 Å². The number of phenols is 2. The molecule has 1 aromatic rings. The highest BCUT2D eigenvalue weighted by molar-refractivity contribution is 5.41. The highest BCUT2D eigenvalue weighted by Crippen LogP contribution is 2.51. The lowest BCUT2D eigenvalue weighted by atomic mass is 9.66. The maximum absolute atomic E-state index is 10.0. The average Bonchev–Trinajstić information content (AvgIpc) is 2.44. The summed E-state index contributed by atoms with van der Waals surface area (Å²) in [5.74, 6) is 0.271. The Kier molecular flexibility index (Phi) is 3.22. The SMILES string of the molecule is CC1=CC[C@@]2(CO)CO[C@@H](c3ccc(O)cc3O)[C@@H]1C2. The van der Waals surface area contributed by atoms with E-state index < -0.39 is 0 Å². The van der Waals surface area contributed by atoms with Crippen LogP contribution in [0.15, 0.2) is 29.8 Å². The van der Waals surface area contributed by atoms with Crippen LogP contribution >= 0.6 is 0 Å². The lowest BCUT2D eigenvalue weighted by Crippen LogP contribution is -2.43. The molecule has 0 aromatic heterocycles. The number of aliphatic hydroxyl groups excluding tert-OH is 1. The standard InChI is InChI=1S/C16H20O4/c1-10-4-5-16(8-17)7-13(10)15(20-9-16)12-3-2-11(18)6-14(12)19/h2-4,6,13,15,17-19H,5,7-9H2,1H3/t13-,15+,16-/m1/s1. The summed E-state index contributed by atoms with van der Waals surface area (Å²) in [5.41, 5.74) is 1.77. The summed E-state index contributed by atoms with van der Waals surface area (Å²) in [7, 11) is 0. The van der Waals surface area contributed by atoms with E-state index in [-0.39, 0.29) is 35.5 Å². The van der Waals surface area contributed by atoms with E-state index in [0.717, 1.165) is 12.8 Å². The lowest BCUT2D eigenvalue weighted by Gasteiger charge is -2.47. The van der Waals surface area contributed by atoms with Gasteiger partial charge in [0.1, 0.15) is 11.5 Å². The Morgan fingerprint density at radius 2 is 2.15 bits per heavy atom. The molecule has 4 nitrogen and oxygen atoms in total. The van der Waals surface area contributed by atoms with Crippen molar-refractivity contribution >= 4 is 0 Å². The minimum atomic E-state index is -0.216. The van der Waals surface area contributed by atoms with Crippen molar-refractivity contribution in [2.45, 2.75) is 25.9 Å². The molecule has 0 radical (unpaired) electrons. The van der Waals surface area contributed by atoms with Gasteiger partial charge in [-0.15, -0.1) is 0 Å². The van der Waals surface area contributed by atoms with E-state index >= 15 is 0 Å². The largest absolute Gasteiger partial charge is 0.508 e. The third kappa shape index (κ3) is 2.09. The molecule has 0 amide bonds. The molecule has 1 heterocycles. The van der Waals surface area contributed by atoms with E-state index in [9.17, 15) is 15.3 Å². The molecule has 3 N–H and O–H groups in total. The van der Waals surface area contributed by atoms with Crippen LogP contribution in [0.3, 0.4) is 0 Å². The van der Waals surface area contributed by atoms with E-state index in [4.69, 9.17) is 4.74 Å². The van der Waals surface area contributed by atoms with Crippen LogP contribution in [0, 0.1) is 11.3 Å². The predicted molar refractivity (Wildman–Crippen MR) is 74.5 cm³/mol. The zero-order valence-electron chi connectivity index (χ0n) is 11.5. The molecule has 1 saturated heterocycles. The first-order valence-electron chi connectivity index (χ1n) is 6.96. The van der Waals surface area contributed by atoms with Crippen molar-refractivity contribution in [2.75, 3.05) is 13.2 Å². The Balaban J connectivity index is 1.96. The van der Waals surface area contributed by atoms with E-state index in [1.165, 1.54) is 11.6 Å². The Hall–Kier alpha value is -1.52. The third-order valence-electron chi connectivity index (χ3n) is 4.69. The van der Waals surface area contributed by atoms with Crippen molar-refractivity contribution in [1.82, 2.24) is 0 Å². The van der Waals surface area contributed by atoms with Gasteiger partial charge in [-0.2, -0.15) is 0 Å². The molecule has 0 spiro atoms. The number of aromatic hydroxyl groups is 2. The molecule has 1 fully saturated rings. The van der Waals surface area contributed by atoms with E-state index in [2.05, 4.69) is 13.0 Å². The first-order valence-corrected chi connectivity index (χ1v) is 6.96. The summed E-state index contributed by atoms with van der Waals surface area (Å²) in [5, 5.41) is 29.1. The highest BCUT2D eigenvalue weighted by Gasteiger charge is 2.45. The summed E-state index contributed by atoms with van der Waals surface area (Å²) in [4.78, 5) is 0. The Labute approximate surface area is 118 Å². The van der Waals surface area contributed by atoms with Gasteiger partial charge < -0.3 is 20.1 Å². The second kappa shape index (κ2) is 4.79. The van der Waals surface area contributed by atoms with E-state index in [1.807, 2.05) is 0 Å². The molecule has 1 aromatic carbocycles. The van der Waals surface area contributed by atoms with Gasteiger partial charge in [0.2, 0.25) is 0 Å². The number of benzene rings is 1. The second-order valence-electron chi connectivity index (χ2n) is 6.10. The van der Waals surface area contributed by atoms with Gasteiger partial charge in [0, 0.05) is 23.0 Å². The first kappa shape index (κ1) is 13.5. The van der Waals surface area contributed by atoms with Crippen molar-refractivity contribution in [1.29, 1.82) is 0 Å². The zero-order chi connectivity index (χ0) is 14.3. The minimum Gasteiger partial charge on any atom is -0.508 e. The van der Waals surface area contributed by atoms with Gasteiger partial charge in [0.25, 0.3) is 0 Å². The molecule has 3 atom stereocenters. The molecule has 2 aliphatic rings. The molecule has 4 heteroatoms. The number of rotatable bonds is 2. The Morgan fingerprint density at radius 3 is 2.85 bits per heavy atom. The van der Waals surface area contributed by atoms with Crippen LogP contribution < -0.4 is 0 Å². The van der Waals surface area contributed by atoms with Crippen LogP contribution in [-0.4, -0.2) is 28.5 Å². The maximum atomic E-state index is 10.0. The van der Waals surface area contributed by atoms with Gasteiger partial charge in [-0.05, 0) is 31.9 Å². The summed E-state index contributed by atoms with van der Waals surface area (Å²) < 4.78 is 5.97. The fraction of sp³-hybridized carbons (Fsp3) is 0.500. The molecule has 20 heavy (non-hydrogen) atoms. The van der Waals surface area contributed by atoms with Gasteiger partial charge in [0.05, 0.1) is 19.3 Å². The maximum Gasteiger partial charge on any atom is 0.125 e. The van der Waals surface area contributed by atoms with E-state index in [1.54, 1.807) is 12.1 Å². The van der Waals surface area contributed by atoms with Crippen LogP contribution in [0.2, 0.25) is 0 Å². The summed E-state index contributed by atoms with van der Waals surface area (Å²) in [6.45, 7) is 2.70. The number of fused-ring (bicyclic) bond motifs is 2. The van der Waals surface area contributed by atoms with Crippen molar-refractivity contribution in [3.63, 3.8) is 0 Å². The van der Waals surface area contributed by atoms with Crippen molar-refractivity contribution in [2.24, 2.45) is 11.3 Å². The number of ether oxygens (including phenoxy) is 1. The van der Waals surface area contributed by atoms with Crippen LogP contribution in [-0.2, 0) is 4.74 Å². The Bertz CT molecular complexity index is 551. The van der Waals surface area contributed by atoms with Gasteiger partial charge >= 0.3 is 0 Å². The minimum absolute atomic E-state index is 0.0441. The van der Waals surface area contributed by atoms with Gasteiger partial charge in [-0.25, -0.2) is 0 Å². The molecule has 2 bridgehead atoms. The summed E-state index contributed by atoms with van der Waals surface area (Å²) >= 11 is 0. The molecule has 0 unspecified atom stereocenters. The average molecular weight is 276 g/mol. The fourth-order valence-corrected chi connectivity index (χ4v) is 3.34. The molecule has 1 aliphatic carbocycles. The normalized spacial score (nSPS) is 32.8. The van der Waals surface area contributed by atoms with Crippen LogP contribution in [0.1, 0.15) is 31.4 Å². The third-order valence-corrected chi connectivity index (χ3v) is 4.69. The quantitative estimate of drug-likeness (QED) is 0.726. The smallest absolute Gasteiger partial charge is 0.125 e. The molecule has 3 rings (SSSR count). The second-order valence-corrected chi connectivity index (χ2v) is 6.10. The molecular formula is C16H20O4. The molecular weight excluding hydrogens is 256 g/mol. The first-order chi connectivity index (χ1) is 9.54. The van der Waals surface area contributed by atoms with Gasteiger partial charge in [-0.3, -0.25) is 0 Å². The molecule has 0 saturated carbocycles. The summed E-state index contributed by atoms with van der Waals surface area (Å²) in [6.07, 6.45) is 3.68. The molecule has 1 aliphatic heterocycles. The predicted octanol–water partition coefficient (Wildman–Crippen LogP) is 2.50. The number of allylic oxidation sites excluding steroid dienone is 1. The number of hydrogen-bond acceptors (Lipinski definition) is 4. The van der Waals surface area contributed by atoms with Gasteiger partial charge in [-0.1, -0.05) is 11.6 Å². The number of hydrogen-bond donors (Lipinski definition) is 3. The highest BCUT2D eigenvalue weighted by atomic mass is 16.5. The number of aliphatic hydroxyl groups is 1. The van der Waals surface area contributed by atoms with Crippen LogP contribution in [0.5, 0.6) is 11.5 Å². The van der Waals surface area contributed by atoms with Crippen molar-refractivity contribution in [3.05, 3.63) is 35.4 Å². The summed E-state index contributed by atoms with van der Waals surface area (Å²) in [6, 6.07) is 4.62. The monoisotopic (exact) mass is 276 g/mol. The van der Waals surface area contributed by atoms with Crippen molar-refractivity contribution < 1.29 is 20.1 Å². The molecule has 108 valence electrons.